The van der Waals surface area contributed by atoms with E-state index in [1.807, 2.05) is 37.3 Å². The number of halogens is 1. The largest absolute Gasteiger partial charge is 0.344 e. The molecular weight excluding hydrogens is 304 g/mol. The van der Waals surface area contributed by atoms with Gasteiger partial charge in [-0.25, -0.2) is 4.98 Å². The van der Waals surface area contributed by atoms with E-state index in [0.717, 1.165) is 23.4 Å². The van der Waals surface area contributed by atoms with Gasteiger partial charge in [0, 0.05) is 21.4 Å². The molecule has 1 amide bonds. The summed E-state index contributed by atoms with van der Waals surface area (Å²) in [5, 5.41) is 3.77. The van der Waals surface area contributed by atoms with E-state index in [1.54, 1.807) is 17.8 Å². The molecule has 0 saturated carbocycles. The molecular formula is C16H15ClN2OS. The van der Waals surface area contributed by atoms with Crippen LogP contribution in [0.4, 0.5) is 0 Å². The van der Waals surface area contributed by atoms with Gasteiger partial charge in [0.1, 0.15) is 5.69 Å². The first-order chi connectivity index (χ1) is 10.1. The Morgan fingerprint density at radius 2 is 2.24 bits per heavy atom. The predicted octanol–water partition coefficient (Wildman–Crippen LogP) is 4.01. The fourth-order valence-corrected chi connectivity index (χ4v) is 3.70. The number of hydrogen-bond acceptors (Lipinski definition) is 3. The summed E-state index contributed by atoms with van der Waals surface area (Å²) in [6, 6.07) is 11.3. The van der Waals surface area contributed by atoms with E-state index < -0.39 is 0 Å². The summed E-state index contributed by atoms with van der Waals surface area (Å²) >= 11 is 7.88. The number of rotatable bonds is 2. The number of carbonyl (C=O) groups is 1. The first-order valence-electron chi connectivity index (χ1n) is 6.80. The minimum Gasteiger partial charge on any atom is -0.344 e. The zero-order valence-electron chi connectivity index (χ0n) is 11.6. The lowest BCUT2D eigenvalue weighted by Crippen LogP contribution is -2.31. The molecule has 5 heteroatoms. The van der Waals surface area contributed by atoms with Crippen molar-refractivity contribution in [1.29, 1.82) is 0 Å². The zero-order valence-corrected chi connectivity index (χ0v) is 13.2. The number of nitrogens with zero attached hydrogens (tertiary/aromatic N) is 1. The second kappa shape index (κ2) is 6.08. The molecule has 2 heterocycles. The predicted molar refractivity (Wildman–Crippen MR) is 86.0 cm³/mol. The number of carbonyl (C=O) groups excluding carboxylic acids is 1. The summed E-state index contributed by atoms with van der Waals surface area (Å²) in [7, 11) is 0. The van der Waals surface area contributed by atoms with Crippen molar-refractivity contribution in [2.75, 3.05) is 5.75 Å². The van der Waals surface area contributed by atoms with Gasteiger partial charge in [0.2, 0.25) is 0 Å². The molecule has 108 valence electrons. The van der Waals surface area contributed by atoms with Crippen LogP contribution in [0.15, 0.2) is 41.3 Å². The normalized spacial score (nSPS) is 17.1. The zero-order chi connectivity index (χ0) is 14.8. The van der Waals surface area contributed by atoms with E-state index in [2.05, 4.69) is 10.3 Å². The average Bonchev–Trinajstić information content (AvgIpc) is 2.48. The molecule has 0 bridgehead atoms. The van der Waals surface area contributed by atoms with Crippen LogP contribution in [0.25, 0.3) is 0 Å². The van der Waals surface area contributed by atoms with Gasteiger partial charge in [-0.3, -0.25) is 4.79 Å². The summed E-state index contributed by atoms with van der Waals surface area (Å²) < 4.78 is 0. The Bertz CT molecular complexity index is 690. The highest BCUT2D eigenvalue weighted by atomic mass is 35.5. The lowest BCUT2D eigenvalue weighted by molar-refractivity contribution is 0.0929. The van der Waals surface area contributed by atoms with Gasteiger partial charge < -0.3 is 5.32 Å². The number of aryl methyl sites for hydroxylation is 1. The topological polar surface area (TPSA) is 42.0 Å². The summed E-state index contributed by atoms with van der Waals surface area (Å²) in [6.07, 6.45) is 0.898. The molecule has 1 unspecified atom stereocenters. The van der Waals surface area contributed by atoms with Crippen LogP contribution in [0.5, 0.6) is 0 Å². The molecule has 0 aliphatic carbocycles. The van der Waals surface area contributed by atoms with Gasteiger partial charge in [-0.2, -0.15) is 0 Å². The number of amides is 1. The summed E-state index contributed by atoms with van der Waals surface area (Å²) in [4.78, 5) is 17.8. The fraction of sp³-hybridized carbons (Fsp3) is 0.250. The summed E-state index contributed by atoms with van der Waals surface area (Å²) in [5.74, 6) is 0.849. The van der Waals surface area contributed by atoms with E-state index in [0.29, 0.717) is 10.7 Å². The molecule has 2 aromatic rings. The van der Waals surface area contributed by atoms with Crippen molar-refractivity contribution in [2.45, 2.75) is 24.3 Å². The number of pyridine rings is 1. The van der Waals surface area contributed by atoms with E-state index in [9.17, 15) is 4.79 Å². The molecule has 1 atom stereocenters. The van der Waals surface area contributed by atoms with Crippen molar-refractivity contribution in [2.24, 2.45) is 0 Å². The third-order valence-corrected chi connectivity index (χ3v) is 4.80. The van der Waals surface area contributed by atoms with Gasteiger partial charge in [-0.1, -0.05) is 17.7 Å². The maximum absolute atomic E-state index is 12.3. The molecule has 1 aliphatic heterocycles. The Kier molecular flexibility index (Phi) is 4.17. The summed E-state index contributed by atoms with van der Waals surface area (Å²) in [5.41, 5.74) is 2.39. The number of nitrogens with one attached hydrogen (secondary N) is 1. The van der Waals surface area contributed by atoms with Crippen LogP contribution in [0.3, 0.4) is 0 Å². The van der Waals surface area contributed by atoms with Crippen molar-refractivity contribution in [1.82, 2.24) is 10.3 Å². The minimum atomic E-state index is -0.137. The highest BCUT2D eigenvalue weighted by Crippen LogP contribution is 2.37. The first kappa shape index (κ1) is 14.4. The molecule has 0 radical (unpaired) electrons. The molecule has 1 N–H and O–H groups in total. The maximum atomic E-state index is 12.3. The maximum Gasteiger partial charge on any atom is 0.270 e. The molecule has 21 heavy (non-hydrogen) atoms. The SMILES string of the molecule is Cc1cccc(C(=O)NC2CCSc3ccc(Cl)cc32)n1. The third-order valence-electron chi connectivity index (χ3n) is 3.44. The van der Waals surface area contributed by atoms with Gasteiger partial charge in [-0.05, 0) is 49.2 Å². The summed E-state index contributed by atoms with van der Waals surface area (Å²) in [6.45, 7) is 1.88. The fourth-order valence-electron chi connectivity index (χ4n) is 2.42. The van der Waals surface area contributed by atoms with Crippen molar-refractivity contribution in [3.8, 4) is 0 Å². The van der Waals surface area contributed by atoms with Gasteiger partial charge >= 0.3 is 0 Å². The second-order valence-corrected chi connectivity index (χ2v) is 6.58. The highest BCUT2D eigenvalue weighted by Gasteiger charge is 2.23. The van der Waals surface area contributed by atoms with Crippen LogP contribution in [0, 0.1) is 6.92 Å². The van der Waals surface area contributed by atoms with Crippen molar-refractivity contribution in [3.63, 3.8) is 0 Å². The molecule has 1 aromatic carbocycles. The van der Waals surface area contributed by atoms with E-state index in [1.165, 1.54) is 4.90 Å². The number of hydrogen-bond donors (Lipinski definition) is 1. The van der Waals surface area contributed by atoms with Crippen LogP contribution >= 0.6 is 23.4 Å². The van der Waals surface area contributed by atoms with E-state index >= 15 is 0 Å². The monoisotopic (exact) mass is 318 g/mol. The molecule has 1 aliphatic rings. The molecule has 1 aromatic heterocycles. The lowest BCUT2D eigenvalue weighted by atomic mass is 10.0. The quantitative estimate of drug-likeness (QED) is 0.909. The number of aromatic nitrogens is 1. The highest BCUT2D eigenvalue weighted by molar-refractivity contribution is 7.99. The third kappa shape index (κ3) is 3.22. The van der Waals surface area contributed by atoms with Crippen LogP contribution in [0.2, 0.25) is 5.02 Å². The first-order valence-corrected chi connectivity index (χ1v) is 8.16. The molecule has 3 rings (SSSR count). The van der Waals surface area contributed by atoms with Gasteiger partial charge in [0.15, 0.2) is 0 Å². The van der Waals surface area contributed by atoms with Crippen LogP contribution in [-0.4, -0.2) is 16.6 Å². The van der Waals surface area contributed by atoms with Crippen molar-refractivity contribution < 1.29 is 4.79 Å². The van der Waals surface area contributed by atoms with Crippen LogP contribution < -0.4 is 5.32 Å². The van der Waals surface area contributed by atoms with Crippen molar-refractivity contribution in [3.05, 3.63) is 58.4 Å². The number of fused-ring (bicyclic) bond motifs is 1. The Hall–Kier alpha value is -1.52. The number of benzene rings is 1. The van der Waals surface area contributed by atoms with E-state index in [-0.39, 0.29) is 11.9 Å². The molecule has 3 nitrogen and oxygen atoms in total. The molecule has 0 fully saturated rings. The standard InChI is InChI=1S/C16H15ClN2OS/c1-10-3-2-4-14(18-10)16(20)19-13-7-8-21-15-6-5-11(17)9-12(13)15/h2-6,9,13H,7-8H2,1H3,(H,19,20). The van der Waals surface area contributed by atoms with Gasteiger partial charge in [0.25, 0.3) is 5.91 Å². The van der Waals surface area contributed by atoms with Gasteiger partial charge in [0.05, 0.1) is 6.04 Å². The van der Waals surface area contributed by atoms with Crippen molar-refractivity contribution >= 4 is 29.3 Å². The minimum absolute atomic E-state index is 0.00485. The Morgan fingerprint density at radius 1 is 1.38 bits per heavy atom. The van der Waals surface area contributed by atoms with Crippen LogP contribution in [0.1, 0.15) is 34.2 Å². The Morgan fingerprint density at radius 3 is 3.05 bits per heavy atom. The molecule has 0 spiro atoms. The van der Waals surface area contributed by atoms with E-state index in [4.69, 9.17) is 11.6 Å². The Balaban J connectivity index is 1.83. The van der Waals surface area contributed by atoms with Gasteiger partial charge in [-0.15, -0.1) is 11.8 Å². The smallest absolute Gasteiger partial charge is 0.270 e. The van der Waals surface area contributed by atoms with Crippen LogP contribution in [-0.2, 0) is 0 Å². The lowest BCUT2D eigenvalue weighted by Gasteiger charge is -2.26. The average molecular weight is 319 g/mol. The number of thioether (sulfide) groups is 1. The second-order valence-electron chi connectivity index (χ2n) is 5.01. The molecule has 0 saturated heterocycles. The Labute approximate surface area is 133 Å².